The first-order chi connectivity index (χ1) is 8.30. The third-order valence-corrected chi connectivity index (χ3v) is 5.13. The molecule has 0 bridgehead atoms. The lowest BCUT2D eigenvalue weighted by Crippen LogP contribution is -2.63. The molecule has 1 heterocycles. The zero-order valence-corrected chi connectivity index (χ0v) is 13.2. The van der Waals surface area contributed by atoms with Gasteiger partial charge in [0.05, 0.1) is 0 Å². The summed E-state index contributed by atoms with van der Waals surface area (Å²) in [6.45, 7) is 16.7. The molecule has 0 aromatic heterocycles. The molecule has 3 unspecified atom stereocenters. The average Bonchev–Trinajstić information content (AvgIpc) is 3.09. The fourth-order valence-corrected chi connectivity index (χ4v) is 3.19. The Morgan fingerprint density at radius 1 is 1.11 bits per heavy atom. The van der Waals surface area contributed by atoms with Gasteiger partial charge in [-0.15, -0.1) is 0 Å². The van der Waals surface area contributed by atoms with Gasteiger partial charge in [-0.2, -0.15) is 0 Å². The topological polar surface area (TPSA) is 15.3 Å². The highest BCUT2D eigenvalue weighted by Crippen LogP contribution is 2.37. The molecule has 3 atom stereocenters. The SMILES string of the molecule is CC(C)C1CNC(C2CC2)CN1C(C)C(C)(C)C. The lowest BCUT2D eigenvalue weighted by Gasteiger charge is -2.49. The molecule has 0 spiro atoms. The van der Waals surface area contributed by atoms with Crippen molar-refractivity contribution in [3.8, 4) is 0 Å². The lowest BCUT2D eigenvalue weighted by molar-refractivity contribution is 0.0132. The molecule has 2 fully saturated rings. The summed E-state index contributed by atoms with van der Waals surface area (Å²) < 4.78 is 0. The van der Waals surface area contributed by atoms with E-state index in [9.17, 15) is 0 Å². The summed E-state index contributed by atoms with van der Waals surface area (Å²) in [5, 5.41) is 3.81. The van der Waals surface area contributed by atoms with E-state index in [1.165, 1.54) is 25.9 Å². The minimum atomic E-state index is 0.374. The van der Waals surface area contributed by atoms with E-state index < -0.39 is 0 Å². The molecule has 1 N–H and O–H groups in total. The van der Waals surface area contributed by atoms with Crippen LogP contribution in [0.15, 0.2) is 0 Å². The van der Waals surface area contributed by atoms with Crippen LogP contribution in [-0.4, -0.2) is 36.1 Å². The molecular formula is C16H32N2. The number of nitrogens with one attached hydrogen (secondary N) is 1. The van der Waals surface area contributed by atoms with Crippen LogP contribution in [0.3, 0.4) is 0 Å². The highest BCUT2D eigenvalue weighted by molar-refractivity contribution is 4.98. The van der Waals surface area contributed by atoms with Crippen molar-refractivity contribution in [2.45, 2.75) is 72.5 Å². The predicted octanol–water partition coefficient (Wildman–Crippen LogP) is 3.13. The molecular weight excluding hydrogens is 220 g/mol. The number of hydrogen-bond donors (Lipinski definition) is 1. The van der Waals surface area contributed by atoms with Crippen LogP contribution in [0.2, 0.25) is 0 Å². The van der Waals surface area contributed by atoms with Crippen molar-refractivity contribution in [3.63, 3.8) is 0 Å². The molecule has 0 aromatic rings. The Hall–Kier alpha value is -0.0800. The van der Waals surface area contributed by atoms with E-state index in [2.05, 4.69) is 51.8 Å². The minimum Gasteiger partial charge on any atom is -0.311 e. The summed E-state index contributed by atoms with van der Waals surface area (Å²) in [6.07, 6.45) is 2.89. The van der Waals surface area contributed by atoms with Crippen LogP contribution < -0.4 is 5.32 Å². The Kier molecular flexibility index (Phi) is 4.08. The monoisotopic (exact) mass is 252 g/mol. The number of hydrogen-bond acceptors (Lipinski definition) is 2. The lowest BCUT2D eigenvalue weighted by atomic mass is 9.83. The molecule has 106 valence electrons. The van der Waals surface area contributed by atoms with E-state index in [1.807, 2.05) is 0 Å². The average molecular weight is 252 g/mol. The normalized spacial score (nSPS) is 32.8. The minimum absolute atomic E-state index is 0.374. The molecule has 2 nitrogen and oxygen atoms in total. The molecule has 1 aliphatic carbocycles. The van der Waals surface area contributed by atoms with Crippen molar-refractivity contribution in [2.24, 2.45) is 17.3 Å². The van der Waals surface area contributed by atoms with E-state index in [-0.39, 0.29) is 0 Å². The van der Waals surface area contributed by atoms with Gasteiger partial charge in [0.2, 0.25) is 0 Å². The van der Waals surface area contributed by atoms with Crippen molar-refractivity contribution in [2.75, 3.05) is 13.1 Å². The number of piperazine rings is 1. The zero-order chi connectivity index (χ0) is 13.5. The second-order valence-electron chi connectivity index (χ2n) is 7.90. The van der Waals surface area contributed by atoms with Crippen molar-refractivity contribution in [1.29, 1.82) is 0 Å². The Morgan fingerprint density at radius 3 is 2.17 bits per heavy atom. The van der Waals surface area contributed by atoms with Crippen molar-refractivity contribution in [1.82, 2.24) is 10.2 Å². The molecule has 2 heteroatoms. The molecule has 2 aliphatic rings. The maximum atomic E-state index is 3.81. The molecule has 0 amide bonds. The summed E-state index contributed by atoms with van der Waals surface area (Å²) >= 11 is 0. The molecule has 0 radical (unpaired) electrons. The molecule has 2 rings (SSSR count). The number of nitrogens with zero attached hydrogens (tertiary/aromatic N) is 1. The largest absolute Gasteiger partial charge is 0.311 e. The number of rotatable bonds is 3. The third-order valence-electron chi connectivity index (χ3n) is 5.13. The molecule has 1 aliphatic heterocycles. The fourth-order valence-electron chi connectivity index (χ4n) is 3.19. The van der Waals surface area contributed by atoms with Gasteiger partial charge < -0.3 is 5.32 Å². The quantitative estimate of drug-likeness (QED) is 0.830. The summed E-state index contributed by atoms with van der Waals surface area (Å²) in [5.74, 6) is 1.70. The Bertz CT molecular complexity index is 273. The van der Waals surface area contributed by atoms with Gasteiger partial charge in [-0.3, -0.25) is 4.90 Å². The Balaban J connectivity index is 2.08. The standard InChI is InChI=1S/C16H32N2/c1-11(2)15-9-17-14(13-7-8-13)10-18(15)12(3)16(4,5)6/h11-15,17H,7-10H2,1-6H3. The van der Waals surface area contributed by atoms with Gasteiger partial charge >= 0.3 is 0 Å². The smallest absolute Gasteiger partial charge is 0.0247 e. The van der Waals surface area contributed by atoms with Crippen LogP contribution in [0.25, 0.3) is 0 Å². The van der Waals surface area contributed by atoms with E-state index in [0.717, 1.165) is 17.9 Å². The summed E-state index contributed by atoms with van der Waals surface area (Å²) in [7, 11) is 0. The zero-order valence-electron chi connectivity index (χ0n) is 13.2. The summed E-state index contributed by atoms with van der Waals surface area (Å²) in [5.41, 5.74) is 0.374. The van der Waals surface area contributed by atoms with Gasteiger partial charge in [-0.25, -0.2) is 0 Å². The first-order valence-electron chi connectivity index (χ1n) is 7.80. The Labute approximate surface area is 114 Å². The van der Waals surface area contributed by atoms with Crippen molar-refractivity contribution < 1.29 is 0 Å². The summed E-state index contributed by atoms with van der Waals surface area (Å²) in [4.78, 5) is 2.80. The molecule has 0 aromatic carbocycles. The van der Waals surface area contributed by atoms with Crippen LogP contribution in [0.1, 0.15) is 54.4 Å². The van der Waals surface area contributed by atoms with E-state index in [0.29, 0.717) is 17.5 Å². The molecule has 1 saturated carbocycles. The van der Waals surface area contributed by atoms with Crippen LogP contribution in [0.5, 0.6) is 0 Å². The van der Waals surface area contributed by atoms with Crippen LogP contribution in [0, 0.1) is 17.3 Å². The first-order valence-corrected chi connectivity index (χ1v) is 7.80. The maximum Gasteiger partial charge on any atom is 0.0247 e. The van der Waals surface area contributed by atoms with Crippen LogP contribution in [-0.2, 0) is 0 Å². The van der Waals surface area contributed by atoms with Crippen molar-refractivity contribution >= 4 is 0 Å². The van der Waals surface area contributed by atoms with E-state index in [4.69, 9.17) is 0 Å². The third kappa shape index (κ3) is 3.08. The maximum absolute atomic E-state index is 3.81. The van der Waals surface area contributed by atoms with Gasteiger partial charge in [0.25, 0.3) is 0 Å². The fraction of sp³-hybridized carbons (Fsp3) is 1.00. The van der Waals surface area contributed by atoms with Crippen molar-refractivity contribution in [3.05, 3.63) is 0 Å². The van der Waals surface area contributed by atoms with Gasteiger partial charge in [0.15, 0.2) is 0 Å². The van der Waals surface area contributed by atoms with Gasteiger partial charge in [0.1, 0.15) is 0 Å². The van der Waals surface area contributed by atoms with E-state index >= 15 is 0 Å². The van der Waals surface area contributed by atoms with Crippen LogP contribution in [0.4, 0.5) is 0 Å². The van der Waals surface area contributed by atoms with Gasteiger partial charge in [-0.05, 0) is 37.0 Å². The predicted molar refractivity (Wildman–Crippen MR) is 78.8 cm³/mol. The van der Waals surface area contributed by atoms with E-state index in [1.54, 1.807) is 0 Å². The summed E-state index contributed by atoms with van der Waals surface area (Å²) in [6, 6.07) is 2.12. The first kappa shape index (κ1) is 14.3. The van der Waals surface area contributed by atoms with Crippen LogP contribution >= 0.6 is 0 Å². The molecule has 1 saturated heterocycles. The second kappa shape index (κ2) is 5.13. The van der Waals surface area contributed by atoms with Gasteiger partial charge in [0, 0.05) is 31.2 Å². The highest BCUT2D eigenvalue weighted by Gasteiger charge is 2.41. The molecule has 18 heavy (non-hydrogen) atoms. The van der Waals surface area contributed by atoms with Gasteiger partial charge in [-0.1, -0.05) is 34.6 Å². The Morgan fingerprint density at radius 2 is 1.72 bits per heavy atom. The second-order valence-corrected chi connectivity index (χ2v) is 7.90. The highest BCUT2D eigenvalue weighted by atomic mass is 15.3.